The third-order valence-electron chi connectivity index (χ3n) is 2.67. The molecule has 0 aliphatic heterocycles. The van der Waals surface area contributed by atoms with E-state index in [1.165, 1.54) is 24.3 Å². The number of aliphatic hydroxyl groups excluding tert-OH is 1. The summed E-state index contributed by atoms with van der Waals surface area (Å²) in [5.74, 6) is 0. The van der Waals surface area contributed by atoms with Crippen molar-refractivity contribution in [1.29, 1.82) is 0 Å². The Bertz CT molecular complexity index is 526. The van der Waals surface area contributed by atoms with E-state index in [0.29, 0.717) is 16.1 Å². The molecule has 94 valence electrons. The lowest BCUT2D eigenvalue weighted by Gasteiger charge is -2.12. The van der Waals surface area contributed by atoms with Gasteiger partial charge in [0.05, 0.1) is 0 Å². The van der Waals surface area contributed by atoms with Crippen LogP contribution in [0.15, 0.2) is 48.5 Å². The van der Waals surface area contributed by atoms with E-state index < -0.39 is 12.5 Å². The standard InChI is InChI=1S/C14H11ClF2O/c15-12-3-1-2-11(8-12)13(18)9-4-6-10(7-5-9)14(16)17/h1-8,13-14,18H. The van der Waals surface area contributed by atoms with Crippen LogP contribution in [0.4, 0.5) is 8.78 Å². The Morgan fingerprint density at radius 3 is 2.06 bits per heavy atom. The topological polar surface area (TPSA) is 20.2 Å². The fourth-order valence-corrected chi connectivity index (χ4v) is 1.89. The maximum atomic E-state index is 12.4. The Kier molecular flexibility index (Phi) is 3.94. The lowest BCUT2D eigenvalue weighted by atomic mass is 10.0. The molecule has 1 nitrogen and oxygen atoms in total. The van der Waals surface area contributed by atoms with Gasteiger partial charge in [-0.05, 0) is 23.3 Å². The van der Waals surface area contributed by atoms with Gasteiger partial charge in [-0.3, -0.25) is 0 Å². The largest absolute Gasteiger partial charge is 0.384 e. The first-order valence-electron chi connectivity index (χ1n) is 5.39. The van der Waals surface area contributed by atoms with Crippen molar-refractivity contribution < 1.29 is 13.9 Å². The van der Waals surface area contributed by atoms with E-state index in [4.69, 9.17) is 11.6 Å². The van der Waals surface area contributed by atoms with Crippen molar-refractivity contribution in [1.82, 2.24) is 0 Å². The minimum Gasteiger partial charge on any atom is -0.384 e. The van der Waals surface area contributed by atoms with Gasteiger partial charge >= 0.3 is 0 Å². The van der Waals surface area contributed by atoms with Gasteiger partial charge in [0.1, 0.15) is 6.10 Å². The molecule has 0 saturated heterocycles. The van der Waals surface area contributed by atoms with E-state index in [-0.39, 0.29) is 5.56 Å². The Hall–Kier alpha value is -1.45. The first kappa shape index (κ1) is 13.0. The third kappa shape index (κ3) is 2.86. The van der Waals surface area contributed by atoms with Crippen LogP contribution < -0.4 is 0 Å². The number of halogens is 3. The average Bonchev–Trinajstić information content (AvgIpc) is 2.38. The van der Waals surface area contributed by atoms with Gasteiger partial charge in [0.25, 0.3) is 6.43 Å². The molecule has 0 bridgehead atoms. The molecule has 1 N–H and O–H groups in total. The molecule has 2 aromatic carbocycles. The van der Waals surface area contributed by atoms with Crippen molar-refractivity contribution in [3.8, 4) is 0 Å². The van der Waals surface area contributed by atoms with Crippen molar-refractivity contribution in [3.05, 3.63) is 70.2 Å². The number of aliphatic hydroxyl groups is 1. The molecule has 0 aromatic heterocycles. The Morgan fingerprint density at radius 2 is 1.50 bits per heavy atom. The molecule has 0 heterocycles. The van der Waals surface area contributed by atoms with Crippen LogP contribution in [-0.4, -0.2) is 5.11 Å². The summed E-state index contributed by atoms with van der Waals surface area (Å²) in [5, 5.41) is 10.6. The molecule has 0 radical (unpaired) electrons. The molecule has 0 saturated carbocycles. The summed E-state index contributed by atoms with van der Waals surface area (Å²) in [6, 6.07) is 12.4. The van der Waals surface area contributed by atoms with E-state index >= 15 is 0 Å². The summed E-state index contributed by atoms with van der Waals surface area (Å²) < 4.78 is 24.8. The summed E-state index contributed by atoms with van der Waals surface area (Å²) in [5.41, 5.74) is 1.13. The molecule has 18 heavy (non-hydrogen) atoms. The molecule has 4 heteroatoms. The molecule has 0 fully saturated rings. The molecule has 0 amide bonds. The summed E-state index contributed by atoms with van der Waals surface area (Å²) in [6.45, 7) is 0. The second-order valence-electron chi connectivity index (χ2n) is 3.92. The maximum absolute atomic E-state index is 12.4. The number of alkyl halides is 2. The highest BCUT2D eigenvalue weighted by atomic mass is 35.5. The van der Waals surface area contributed by atoms with Gasteiger partial charge in [0.2, 0.25) is 0 Å². The number of rotatable bonds is 3. The quantitative estimate of drug-likeness (QED) is 0.877. The molecule has 0 spiro atoms. The zero-order valence-electron chi connectivity index (χ0n) is 9.35. The van der Waals surface area contributed by atoms with E-state index in [9.17, 15) is 13.9 Å². The number of hydrogen-bond donors (Lipinski definition) is 1. The van der Waals surface area contributed by atoms with Crippen molar-refractivity contribution >= 4 is 11.6 Å². The van der Waals surface area contributed by atoms with Crippen LogP contribution >= 0.6 is 11.6 Å². The Morgan fingerprint density at radius 1 is 0.889 bits per heavy atom. The van der Waals surface area contributed by atoms with Gasteiger partial charge in [-0.15, -0.1) is 0 Å². The van der Waals surface area contributed by atoms with Crippen LogP contribution in [-0.2, 0) is 0 Å². The first-order valence-corrected chi connectivity index (χ1v) is 5.77. The molecule has 1 atom stereocenters. The van der Waals surface area contributed by atoms with Crippen molar-refractivity contribution in [2.75, 3.05) is 0 Å². The smallest absolute Gasteiger partial charge is 0.263 e. The highest BCUT2D eigenvalue weighted by molar-refractivity contribution is 6.30. The van der Waals surface area contributed by atoms with Crippen LogP contribution in [0.1, 0.15) is 29.2 Å². The molecule has 1 unspecified atom stereocenters. The van der Waals surface area contributed by atoms with Gasteiger partial charge in [-0.25, -0.2) is 8.78 Å². The van der Waals surface area contributed by atoms with Crippen molar-refractivity contribution in [2.24, 2.45) is 0 Å². The third-order valence-corrected chi connectivity index (χ3v) is 2.90. The van der Waals surface area contributed by atoms with E-state index in [0.717, 1.165) is 0 Å². The monoisotopic (exact) mass is 268 g/mol. The summed E-state index contributed by atoms with van der Waals surface area (Å²) in [6.07, 6.45) is -3.36. The average molecular weight is 269 g/mol. The molecular weight excluding hydrogens is 258 g/mol. The SMILES string of the molecule is OC(c1ccc(C(F)F)cc1)c1cccc(Cl)c1. The first-order chi connectivity index (χ1) is 8.58. The maximum Gasteiger partial charge on any atom is 0.263 e. The predicted molar refractivity (Wildman–Crippen MR) is 66.9 cm³/mol. The summed E-state index contributed by atoms with van der Waals surface area (Å²) in [7, 11) is 0. The van der Waals surface area contributed by atoms with E-state index in [2.05, 4.69) is 0 Å². The van der Waals surface area contributed by atoms with Crippen LogP contribution in [0.3, 0.4) is 0 Å². The van der Waals surface area contributed by atoms with Crippen molar-refractivity contribution in [3.63, 3.8) is 0 Å². The Balaban J connectivity index is 2.26. The lowest BCUT2D eigenvalue weighted by molar-refractivity contribution is 0.151. The number of benzene rings is 2. The molecule has 0 aliphatic rings. The summed E-state index contributed by atoms with van der Waals surface area (Å²) >= 11 is 5.83. The highest BCUT2D eigenvalue weighted by Gasteiger charge is 2.12. The van der Waals surface area contributed by atoms with Crippen LogP contribution in [0.5, 0.6) is 0 Å². The fourth-order valence-electron chi connectivity index (χ4n) is 1.69. The van der Waals surface area contributed by atoms with Crippen LogP contribution in [0, 0.1) is 0 Å². The van der Waals surface area contributed by atoms with Gasteiger partial charge in [-0.2, -0.15) is 0 Å². The van der Waals surface area contributed by atoms with Gasteiger partial charge in [0, 0.05) is 10.6 Å². The van der Waals surface area contributed by atoms with Gasteiger partial charge in [-0.1, -0.05) is 48.0 Å². The zero-order chi connectivity index (χ0) is 13.1. The van der Waals surface area contributed by atoms with Crippen LogP contribution in [0.25, 0.3) is 0 Å². The molecular formula is C14H11ClF2O. The van der Waals surface area contributed by atoms with E-state index in [1.54, 1.807) is 24.3 Å². The van der Waals surface area contributed by atoms with E-state index in [1.807, 2.05) is 0 Å². The van der Waals surface area contributed by atoms with Crippen LogP contribution in [0.2, 0.25) is 5.02 Å². The second kappa shape index (κ2) is 5.46. The molecule has 0 aliphatic carbocycles. The van der Waals surface area contributed by atoms with Gasteiger partial charge < -0.3 is 5.11 Å². The highest BCUT2D eigenvalue weighted by Crippen LogP contribution is 2.26. The predicted octanol–water partition coefficient (Wildman–Crippen LogP) is 4.36. The fraction of sp³-hybridized carbons (Fsp3) is 0.143. The minimum atomic E-state index is -2.50. The second-order valence-corrected chi connectivity index (χ2v) is 4.36. The Labute approximate surface area is 109 Å². The zero-order valence-corrected chi connectivity index (χ0v) is 10.1. The lowest BCUT2D eigenvalue weighted by Crippen LogP contribution is -1.99. The van der Waals surface area contributed by atoms with Crippen molar-refractivity contribution in [2.45, 2.75) is 12.5 Å². The summed E-state index contributed by atoms with van der Waals surface area (Å²) in [4.78, 5) is 0. The minimum absolute atomic E-state index is 0.0583. The molecule has 2 rings (SSSR count). The van der Waals surface area contributed by atoms with Gasteiger partial charge in [0.15, 0.2) is 0 Å². The number of hydrogen-bond acceptors (Lipinski definition) is 1. The normalized spacial score (nSPS) is 12.7. The molecule has 2 aromatic rings.